The van der Waals surface area contributed by atoms with E-state index in [1.165, 1.54) is 24.3 Å². The van der Waals surface area contributed by atoms with Crippen molar-refractivity contribution in [1.29, 1.82) is 0 Å². The van der Waals surface area contributed by atoms with Gasteiger partial charge in [0.1, 0.15) is 18.7 Å². The van der Waals surface area contributed by atoms with Crippen LogP contribution < -0.4 is 5.32 Å². The Labute approximate surface area is 160 Å². The van der Waals surface area contributed by atoms with Crippen molar-refractivity contribution in [2.75, 3.05) is 6.54 Å². The van der Waals surface area contributed by atoms with Gasteiger partial charge in [0, 0.05) is 12.1 Å². The largest absolute Gasteiger partial charge is 0.459 e. The predicted molar refractivity (Wildman–Crippen MR) is 96.9 cm³/mol. The second-order valence-electron chi connectivity index (χ2n) is 6.40. The number of hydrogen-bond acceptors (Lipinski definition) is 6. The summed E-state index contributed by atoms with van der Waals surface area (Å²) in [6, 6.07) is 13.6. The second-order valence-corrected chi connectivity index (χ2v) is 6.40. The van der Waals surface area contributed by atoms with Gasteiger partial charge in [0.05, 0.1) is 4.92 Å². The standard InChI is InChI=1S/C19H17N3O6/c1-19(14-5-3-2-4-6-14)17(24)21(18(25)20-19)11-16(23)28-12-13-7-9-15(10-8-13)22(26)27/h2-10H,11-12H2,1H3,(H,20,25)/t19-/m0/s1. The van der Waals surface area contributed by atoms with E-state index in [0.717, 1.165) is 4.90 Å². The van der Waals surface area contributed by atoms with E-state index in [9.17, 15) is 24.5 Å². The van der Waals surface area contributed by atoms with Gasteiger partial charge >= 0.3 is 12.0 Å². The van der Waals surface area contributed by atoms with E-state index in [1.54, 1.807) is 37.3 Å². The Bertz CT molecular complexity index is 928. The Hall–Kier alpha value is -3.75. The van der Waals surface area contributed by atoms with Crippen molar-refractivity contribution in [2.45, 2.75) is 19.1 Å². The first-order chi connectivity index (χ1) is 13.3. The number of nitro benzene ring substituents is 1. The van der Waals surface area contributed by atoms with E-state index in [0.29, 0.717) is 11.1 Å². The molecular formula is C19H17N3O6. The van der Waals surface area contributed by atoms with Gasteiger partial charge in [-0.1, -0.05) is 30.3 Å². The van der Waals surface area contributed by atoms with Gasteiger partial charge in [0.2, 0.25) is 0 Å². The quantitative estimate of drug-likeness (QED) is 0.353. The number of benzene rings is 2. The number of amides is 3. The second kappa shape index (κ2) is 7.47. The summed E-state index contributed by atoms with van der Waals surface area (Å²) in [5, 5.41) is 13.2. The Morgan fingerprint density at radius 2 is 1.79 bits per heavy atom. The Balaban J connectivity index is 1.61. The molecule has 2 aromatic rings. The summed E-state index contributed by atoms with van der Waals surface area (Å²) < 4.78 is 5.08. The molecule has 144 valence electrons. The molecule has 1 aliphatic heterocycles. The summed E-state index contributed by atoms with van der Waals surface area (Å²) in [6.07, 6.45) is 0. The van der Waals surface area contributed by atoms with Crippen LogP contribution >= 0.6 is 0 Å². The summed E-state index contributed by atoms with van der Waals surface area (Å²) >= 11 is 0. The third-order valence-corrected chi connectivity index (χ3v) is 4.46. The van der Waals surface area contributed by atoms with Gasteiger partial charge in [0.15, 0.2) is 0 Å². The van der Waals surface area contributed by atoms with Gasteiger partial charge in [-0.25, -0.2) is 4.79 Å². The van der Waals surface area contributed by atoms with Crippen LogP contribution in [0.15, 0.2) is 54.6 Å². The Morgan fingerprint density at radius 1 is 1.14 bits per heavy atom. The molecule has 9 heteroatoms. The number of nitrogens with zero attached hydrogens (tertiary/aromatic N) is 2. The molecule has 3 amide bonds. The number of ether oxygens (including phenoxy) is 1. The van der Waals surface area contributed by atoms with Crippen LogP contribution in [0.4, 0.5) is 10.5 Å². The summed E-state index contributed by atoms with van der Waals surface area (Å²) in [5.41, 5.74) is -0.174. The molecule has 0 radical (unpaired) electrons. The first-order valence-electron chi connectivity index (χ1n) is 8.40. The first-order valence-corrected chi connectivity index (χ1v) is 8.40. The van der Waals surface area contributed by atoms with Crippen LogP contribution in [0.2, 0.25) is 0 Å². The fourth-order valence-electron chi connectivity index (χ4n) is 2.86. The van der Waals surface area contributed by atoms with Crippen LogP contribution in [0.5, 0.6) is 0 Å². The van der Waals surface area contributed by atoms with Crippen LogP contribution in [0, 0.1) is 10.1 Å². The van der Waals surface area contributed by atoms with Crippen LogP contribution in [-0.2, 0) is 26.5 Å². The number of rotatable bonds is 6. The number of non-ortho nitro benzene ring substituents is 1. The summed E-state index contributed by atoms with van der Waals surface area (Å²) in [5.74, 6) is -1.31. The van der Waals surface area contributed by atoms with E-state index in [4.69, 9.17) is 4.74 Å². The summed E-state index contributed by atoms with van der Waals surface area (Å²) in [4.78, 5) is 47.9. The lowest BCUT2D eigenvalue weighted by Crippen LogP contribution is -2.41. The zero-order valence-electron chi connectivity index (χ0n) is 15.0. The highest BCUT2D eigenvalue weighted by Crippen LogP contribution is 2.28. The number of hydrogen-bond donors (Lipinski definition) is 1. The molecule has 0 saturated carbocycles. The van der Waals surface area contributed by atoms with Crippen molar-refractivity contribution in [1.82, 2.24) is 10.2 Å². The molecule has 1 aliphatic rings. The average molecular weight is 383 g/mol. The third-order valence-electron chi connectivity index (χ3n) is 4.46. The lowest BCUT2D eigenvalue weighted by molar-refractivity contribution is -0.384. The van der Waals surface area contributed by atoms with Crippen molar-refractivity contribution in [3.63, 3.8) is 0 Å². The lowest BCUT2D eigenvalue weighted by atomic mass is 9.92. The maximum Gasteiger partial charge on any atom is 0.326 e. The fraction of sp³-hybridized carbons (Fsp3) is 0.211. The normalized spacial score (nSPS) is 18.7. The zero-order valence-corrected chi connectivity index (χ0v) is 15.0. The van der Waals surface area contributed by atoms with E-state index in [2.05, 4.69) is 5.32 Å². The van der Waals surface area contributed by atoms with Gasteiger partial charge in [-0.15, -0.1) is 0 Å². The molecule has 28 heavy (non-hydrogen) atoms. The molecule has 0 spiro atoms. The number of imide groups is 1. The fourth-order valence-corrected chi connectivity index (χ4v) is 2.86. The molecule has 1 saturated heterocycles. The number of esters is 1. The molecule has 1 N–H and O–H groups in total. The van der Waals surface area contributed by atoms with Crippen molar-refractivity contribution < 1.29 is 24.0 Å². The molecule has 3 rings (SSSR count). The average Bonchev–Trinajstić information content (AvgIpc) is 2.91. The van der Waals surface area contributed by atoms with Crippen molar-refractivity contribution in [2.24, 2.45) is 0 Å². The molecule has 0 aromatic heterocycles. The zero-order chi connectivity index (χ0) is 20.3. The van der Waals surface area contributed by atoms with Gasteiger partial charge in [-0.2, -0.15) is 0 Å². The number of carbonyl (C=O) groups excluding carboxylic acids is 3. The number of nitrogens with one attached hydrogen (secondary N) is 1. The highest BCUT2D eigenvalue weighted by Gasteiger charge is 2.49. The predicted octanol–water partition coefficient (Wildman–Crippen LogP) is 2.11. The maximum absolute atomic E-state index is 12.7. The highest BCUT2D eigenvalue weighted by atomic mass is 16.6. The van der Waals surface area contributed by atoms with E-state index >= 15 is 0 Å². The lowest BCUT2D eigenvalue weighted by Gasteiger charge is -2.21. The third kappa shape index (κ3) is 3.68. The molecule has 1 fully saturated rings. The molecular weight excluding hydrogens is 366 g/mol. The minimum atomic E-state index is -1.25. The topological polar surface area (TPSA) is 119 Å². The van der Waals surface area contributed by atoms with E-state index in [1.807, 2.05) is 0 Å². The number of nitro groups is 1. The van der Waals surface area contributed by atoms with Gasteiger partial charge < -0.3 is 10.1 Å². The van der Waals surface area contributed by atoms with Gasteiger partial charge in [0.25, 0.3) is 11.6 Å². The monoisotopic (exact) mass is 383 g/mol. The minimum absolute atomic E-state index is 0.0744. The van der Waals surface area contributed by atoms with Crippen LogP contribution in [0.25, 0.3) is 0 Å². The molecule has 2 aromatic carbocycles. The minimum Gasteiger partial charge on any atom is -0.459 e. The molecule has 9 nitrogen and oxygen atoms in total. The van der Waals surface area contributed by atoms with E-state index in [-0.39, 0.29) is 12.3 Å². The Morgan fingerprint density at radius 3 is 2.39 bits per heavy atom. The maximum atomic E-state index is 12.7. The van der Waals surface area contributed by atoms with Crippen molar-refractivity contribution in [3.05, 3.63) is 75.8 Å². The number of carbonyl (C=O) groups is 3. The summed E-state index contributed by atoms with van der Waals surface area (Å²) in [6.45, 7) is 0.918. The highest BCUT2D eigenvalue weighted by molar-refractivity contribution is 6.08. The molecule has 1 atom stereocenters. The van der Waals surface area contributed by atoms with Crippen LogP contribution in [-0.4, -0.2) is 34.3 Å². The van der Waals surface area contributed by atoms with Crippen LogP contribution in [0.1, 0.15) is 18.1 Å². The van der Waals surface area contributed by atoms with Gasteiger partial charge in [-0.05, 0) is 30.2 Å². The molecule has 0 bridgehead atoms. The molecule has 1 heterocycles. The van der Waals surface area contributed by atoms with Crippen LogP contribution in [0.3, 0.4) is 0 Å². The first kappa shape index (κ1) is 19.0. The SMILES string of the molecule is C[C@@]1(c2ccccc2)NC(=O)N(CC(=O)OCc2ccc([N+](=O)[O-])cc2)C1=O. The smallest absolute Gasteiger partial charge is 0.326 e. The summed E-state index contributed by atoms with van der Waals surface area (Å²) in [7, 11) is 0. The van der Waals surface area contributed by atoms with E-state index < -0.39 is 34.9 Å². The van der Waals surface area contributed by atoms with Gasteiger partial charge in [-0.3, -0.25) is 24.6 Å². The molecule has 0 aliphatic carbocycles. The Kier molecular flexibility index (Phi) is 5.08. The van der Waals surface area contributed by atoms with Crippen molar-refractivity contribution in [3.8, 4) is 0 Å². The number of urea groups is 1. The molecule has 0 unspecified atom stereocenters. The van der Waals surface area contributed by atoms with Crippen molar-refractivity contribution >= 4 is 23.6 Å².